The van der Waals surface area contributed by atoms with Crippen molar-refractivity contribution in [2.24, 2.45) is 0 Å². The Morgan fingerprint density at radius 1 is 1.16 bits per heavy atom. The summed E-state index contributed by atoms with van der Waals surface area (Å²) in [5.74, 6) is -0.318. The monoisotopic (exact) mass is 408 g/mol. The fraction of sp³-hybridized carbons (Fsp3) is 0.562. The average Bonchev–Trinajstić information content (AvgIpc) is 2.48. The highest BCUT2D eigenvalue weighted by atomic mass is 35.5. The van der Waals surface area contributed by atoms with E-state index >= 15 is 0 Å². The molecule has 0 atom stereocenters. The van der Waals surface area contributed by atoms with E-state index in [1.165, 1.54) is 16.4 Å². The van der Waals surface area contributed by atoms with Crippen molar-refractivity contribution in [1.82, 2.24) is 9.21 Å². The van der Waals surface area contributed by atoms with Crippen molar-refractivity contribution in [2.75, 3.05) is 32.7 Å². The van der Waals surface area contributed by atoms with Crippen LogP contribution in [0.2, 0.25) is 10.0 Å². The van der Waals surface area contributed by atoms with E-state index < -0.39 is 15.6 Å². The van der Waals surface area contributed by atoms with Gasteiger partial charge in [0.25, 0.3) is 0 Å². The maximum Gasteiger partial charge on any atom is 0.320 e. The van der Waals surface area contributed by atoms with Crippen LogP contribution in [0.3, 0.4) is 0 Å². The van der Waals surface area contributed by atoms with Gasteiger partial charge in [-0.05, 0) is 39.0 Å². The molecule has 6 nitrogen and oxygen atoms in total. The molecule has 0 amide bonds. The number of piperazine rings is 1. The predicted molar refractivity (Wildman–Crippen MR) is 97.5 cm³/mol. The Labute approximate surface area is 158 Å². The van der Waals surface area contributed by atoms with E-state index in [2.05, 4.69) is 0 Å². The van der Waals surface area contributed by atoms with Crippen LogP contribution >= 0.6 is 23.2 Å². The zero-order valence-electron chi connectivity index (χ0n) is 14.5. The third kappa shape index (κ3) is 5.56. The van der Waals surface area contributed by atoms with E-state index in [9.17, 15) is 13.2 Å². The normalized spacial score (nSPS) is 17.5. The molecule has 1 aliphatic rings. The van der Waals surface area contributed by atoms with Gasteiger partial charge in [0.15, 0.2) is 0 Å². The van der Waals surface area contributed by atoms with Crippen LogP contribution in [0, 0.1) is 0 Å². The summed E-state index contributed by atoms with van der Waals surface area (Å²) in [4.78, 5) is 13.8. The molecule has 9 heteroatoms. The number of hydrogen-bond acceptors (Lipinski definition) is 5. The molecular formula is C16H22Cl2N2O4S. The van der Waals surface area contributed by atoms with Gasteiger partial charge in [-0.2, -0.15) is 4.31 Å². The Morgan fingerprint density at radius 3 is 2.32 bits per heavy atom. The number of nitrogens with zero attached hydrogens (tertiary/aromatic N) is 2. The van der Waals surface area contributed by atoms with Crippen molar-refractivity contribution in [3.05, 3.63) is 28.2 Å². The van der Waals surface area contributed by atoms with Crippen LogP contribution in [-0.4, -0.2) is 61.9 Å². The molecule has 25 heavy (non-hydrogen) atoms. The fourth-order valence-electron chi connectivity index (χ4n) is 2.50. The third-order valence-electron chi connectivity index (χ3n) is 3.62. The Bertz CT molecular complexity index is 739. The lowest BCUT2D eigenvalue weighted by Crippen LogP contribution is -2.50. The molecule has 140 valence electrons. The molecule has 1 aliphatic heterocycles. The van der Waals surface area contributed by atoms with Gasteiger partial charge in [0, 0.05) is 31.2 Å². The smallest absolute Gasteiger partial charge is 0.320 e. The summed E-state index contributed by atoms with van der Waals surface area (Å²) < 4.78 is 32.1. The molecule has 1 saturated heterocycles. The summed E-state index contributed by atoms with van der Waals surface area (Å²) in [6, 6.07) is 4.36. The van der Waals surface area contributed by atoms with Crippen LogP contribution in [0.1, 0.15) is 20.8 Å². The second kappa shape index (κ2) is 7.80. The van der Waals surface area contributed by atoms with Gasteiger partial charge in [-0.1, -0.05) is 23.2 Å². The summed E-state index contributed by atoms with van der Waals surface area (Å²) in [6.07, 6.45) is 0. The zero-order valence-corrected chi connectivity index (χ0v) is 16.8. The molecule has 0 spiro atoms. The number of benzene rings is 1. The van der Waals surface area contributed by atoms with E-state index in [1.54, 1.807) is 6.07 Å². The number of rotatable bonds is 4. The van der Waals surface area contributed by atoms with Gasteiger partial charge in [0.2, 0.25) is 10.0 Å². The minimum Gasteiger partial charge on any atom is -0.459 e. The maximum absolute atomic E-state index is 12.7. The molecule has 0 saturated carbocycles. The Hall–Kier alpha value is -0.860. The van der Waals surface area contributed by atoms with E-state index in [0.29, 0.717) is 18.1 Å². The molecule has 0 unspecified atom stereocenters. The van der Waals surface area contributed by atoms with Gasteiger partial charge in [-0.25, -0.2) is 8.42 Å². The summed E-state index contributed by atoms with van der Waals surface area (Å²) >= 11 is 11.9. The second-order valence-corrected chi connectivity index (χ2v) is 9.59. The minimum absolute atomic E-state index is 0.00209. The van der Waals surface area contributed by atoms with Crippen LogP contribution in [0.25, 0.3) is 0 Å². The van der Waals surface area contributed by atoms with E-state index in [0.717, 1.165) is 0 Å². The van der Waals surface area contributed by atoms with Gasteiger partial charge in [-0.3, -0.25) is 9.69 Å². The summed E-state index contributed by atoms with van der Waals surface area (Å²) in [5, 5.41) is 0.451. The topological polar surface area (TPSA) is 66.9 Å². The molecule has 1 heterocycles. The number of halogens is 2. The summed E-state index contributed by atoms with van der Waals surface area (Å²) in [7, 11) is -3.72. The SMILES string of the molecule is CC(C)(C)OC(=O)CN1CCN(S(=O)(=O)c2cc(Cl)ccc2Cl)CC1. The first-order chi connectivity index (χ1) is 11.5. The van der Waals surface area contributed by atoms with E-state index in [4.69, 9.17) is 27.9 Å². The molecule has 0 N–H and O–H groups in total. The lowest BCUT2D eigenvalue weighted by Gasteiger charge is -2.34. The number of carbonyl (C=O) groups excluding carboxylic acids is 1. The number of ether oxygens (including phenoxy) is 1. The lowest BCUT2D eigenvalue weighted by molar-refractivity contribution is -0.156. The number of carbonyl (C=O) groups is 1. The number of hydrogen-bond donors (Lipinski definition) is 0. The van der Waals surface area contributed by atoms with Gasteiger partial charge in [0.05, 0.1) is 11.6 Å². The minimum atomic E-state index is -3.72. The quantitative estimate of drug-likeness (QED) is 0.716. The molecule has 1 aromatic carbocycles. The van der Waals surface area contributed by atoms with E-state index in [1.807, 2.05) is 25.7 Å². The first-order valence-corrected chi connectivity index (χ1v) is 10.1. The van der Waals surface area contributed by atoms with Crippen LogP contribution in [0.5, 0.6) is 0 Å². The number of sulfonamides is 1. The first kappa shape index (κ1) is 20.5. The molecule has 1 fully saturated rings. The highest BCUT2D eigenvalue weighted by Gasteiger charge is 2.31. The predicted octanol–water partition coefficient (Wildman–Crippen LogP) is 2.64. The molecule has 0 radical (unpaired) electrons. The molecule has 0 aliphatic carbocycles. The molecule has 0 aromatic heterocycles. The second-order valence-electron chi connectivity index (χ2n) is 6.84. The van der Waals surface area contributed by atoms with Crippen molar-refractivity contribution in [2.45, 2.75) is 31.3 Å². The highest BCUT2D eigenvalue weighted by molar-refractivity contribution is 7.89. The van der Waals surface area contributed by atoms with E-state index in [-0.39, 0.29) is 35.5 Å². The summed E-state index contributed by atoms with van der Waals surface area (Å²) in [5.41, 5.74) is -0.536. The van der Waals surface area contributed by atoms with Crippen LogP contribution < -0.4 is 0 Å². The molecular weight excluding hydrogens is 387 g/mol. The van der Waals surface area contributed by atoms with Crippen LogP contribution in [0.4, 0.5) is 0 Å². The first-order valence-electron chi connectivity index (χ1n) is 7.88. The summed E-state index contributed by atoms with van der Waals surface area (Å²) in [6.45, 7) is 7.00. The van der Waals surface area contributed by atoms with Crippen molar-refractivity contribution < 1.29 is 17.9 Å². The zero-order chi connectivity index (χ0) is 18.8. The number of esters is 1. The average molecular weight is 409 g/mol. The van der Waals surface area contributed by atoms with Gasteiger partial charge < -0.3 is 4.74 Å². The van der Waals surface area contributed by atoms with Gasteiger partial charge in [0.1, 0.15) is 10.5 Å². The molecule has 1 aromatic rings. The highest BCUT2D eigenvalue weighted by Crippen LogP contribution is 2.28. The maximum atomic E-state index is 12.7. The van der Waals surface area contributed by atoms with Crippen molar-refractivity contribution in [3.63, 3.8) is 0 Å². The van der Waals surface area contributed by atoms with Crippen molar-refractivity contribution >= 4 is 39.2 Å². The Kier molecular flexibility index (Phi) is 6.38. The Morgan fingerprint density at radius 2 is 1.76 bits per heavy atom. The standard InChI is InChI=1S/C16H22Cl2N2O4S/c1-16(2,3)24-15(21)11-19-6-8-20(9-7-19)25(22,23)14-10-12(17)4-5-13(14)18/h4-5,10H,6-9,11H2,1-3H3. The van der Waals surface area contributed by atoms with Crippen molar-refractivity contribution in [1.29, 1.82) is 0 Å². The van der Waals surface area contributed by atoms with Crippen LogP contribution in [-0.2, 0) is 19.6 Å². The molecule has 2 rings (SSSR count). The Balaban J connectivity index is 1.99. The van der Waals surface area contributed by atoms with Crippen LogP contribution in [0.15, 0.2) is 23.1 Å². The third-order valence-corrected chi connectivity index (χ3v) is 6.23. The molecule has 0 bridgehead atoms. The van der Waals surface area contributed by atoms with Gasteiger partial charge >= 0.3 is 5.97 Å². The largest absolute Gasteiger partial charge is 0.459 e. The van der Waals surface area contributed by atoms with Gasteiger partial charge in [-0.15, -0.1) is 0 Å². The lowest BCUT2D eigenvalue weighted by atomic mass is 10.2. The van der Waals surface area contributed by atoms with Crippen molar-refractivity contribution in [3.8, 4) is 0 Å². The fourth-order valence-corrected chi connectivity index (χ4v) is 4.66.